The zero-order valence-corrected chi connectivity index (χ0v) is 15.2. The van der Waals surface area contributed by atoms with Gasteiger partial charge in [-0.2, -0.15) is 0 Å². The Bertz CT molecular complexity index is 800. The number of hydrogen-bond acceptors (Lipinski definition) is 3. The molecule has 0 aliphatic heterocycles. The first-order chi connectivity index (χ1) is 12.4. The minimum Gasteiger partial charge on any atom is -0.326 e. The number of nitrogens with zero attached hydrogens (tertiary/aromatic N) is 1. The summed E-state index contributed by atoms with van der Waals surface area (Å²) in [5.41, 5.74) is 3.01. The monoisotopic (exact) mass is 353 g/mol. The van der Waals surface area contributed by atoms with Crippen LogP contribution in [0, 0.1) is 0 Å². The van der Waals surface area contributed by atoms with Crippen LogP contribution < -0.4 is 15.5 Å². The predicted octanol–water partition coefficient (Wildman–Crippen LogP) is 3.20. The van der Waals surface area contributed by atoms with Crippen LogP contribution in [0.5, 0.6) is 0 Å². The Labute approximate surface area is 153 Å². The third kappa shape index (κ3) is 5.17. The molecule has 0 aliphatic carbocycles. The maximum atomic E-state index is 12.4. The molecule has 0 radical (unpaired) electrons. The highest BCUT2D eigenvalue weighted by Crippen LogP contribution is 2.19. The highest BCUT2D eigenvalue weighted by Gasteiger charge is 2.16. The van der Waals surface area contributed by atoms with Crippen molar-refractivity contribution in [1.82, 2.24) is 0 Å². The number of rotatable bonds is 6. The average Bonchev–Trinajstić information content (AvgIpc) is 2.60. The lowest BCUT2D eigenvalue weighted by atomic mass is 10.1. The molecule has 26 heavy (non-hydrogen) atoms. The zero-order valence-electron chi connectivity index (χ0n) is 15.2. The molecule has 0 saturated heterocycles. The molecule has 2 rings (SSSR count). The Hall–Kier alpha value is -3.15. The second-order valence-corrected chi connectivity index (χ2v) is 5.89. The summed E-state index contributed by atoms with van der Waals surface area (Å²) in [6, 6.07) is 14.4. The summed E-state index contributed by atoms with van der Waals surface area (Å²) in [5.74, 6) is -0.682. The standard InChI is InChI=1S/C20H23N3O3/c1-4-16-7-5-6-8-19(16)22-20(26)13-23(15(3)25)18-11-9-17(10-12-18)21-14(2)24/h5-12H,4,13H2,1-3H3,(H,21,24)(H,22,26). The molecule has 0 spiro atoms. The second-order valence-electron chi connectivity index (χ2n) is 5.89. The third-order valence-electron chi connectivity index (χ3n) is 3.85. The molecule has 2 aromatic carbocycles. The van der Waals surface area contributed by atoms with Crippen molar-refractivity contribution in [2.75, 3.05) is 22.1 Å². The first-order valence-corrected chi connectivity index (χ1v) is 8.44. The van der Waals surface area contributed by atoms with E-state index in [0.717, 1.165) is 17.7 Å². The summed E-state index contributed by atoms with van der Waals surface area (Å²) < 4.78 is 0. The van der Waals surface area contributed by atoms with Crippen LogP contribution in [0.15, 0.2) is 48.5 Å². The van der Waals surface area contributed by atoms with E-state index in [1.54, 1.807) is 24.3 Å². The number of carbonyl (C=O) groups is 3. The highest BCUT2D eigenvalue weighted by molar-refractivity contribution is 6.02. The summed E-state index contributed by atoms with van der Waals surface area (Å²) in [5, 5.41) is 5.53. The van der Waals surface area contributed by atoms with Gasteiger partial charge >= 0.3 is 0 Å². The molecular weight excluding hydrogens is 330 g/mol. The van der Waals surface area contributed by atoms with Crippen LogP contribution >= 0.6 is 0 Å². The number of para-hydroxylation sites is 1. The van der Waals surface area contributed by atoms with Gasteiger partial charge in [-0.3, -0.25) is 14.4 Å². The summed E-state index contributed by atoms with van der Waals surface area (Å²) in [4.78, 5) is 36.9. The van der Waals surface area contributed by atoms with Crippen molar-refractivity contribution in [3.05, 3.63) is 54.1 Å². The van der Waals surface area contributed by atoms with Gasteiger partial charge < -0.3 is 15.5 Å². The van der Waals surface area contributed by atoms with Gasteiger partial charge in [-0.05, 0) is 42.3 Å². The lowest BCUT2D eigenvalue weighted by Crippen LogP contribution is -2.36. The van der Waals surface area contributed by atoms with Crippen molar-refractivity contribution >= 4 is 34.8 Å². The number of amides is 3. The molecule has 0 unspecified atom stereocenters. The first kappa shape index (κ1) is 19.2. The van der Waals surface area contributed by atoms with Gasteiger partial charge in [-0.25, -0.2) is 0 Å². The molecule has 0 aliphatic rings. The minimum atomic E-state index is -0.271. The molecule has 0 heterocycles. The van der Waals surface area contributed by atoms with Crippen molar-refractivity contribution in [2.24, 2.45) is 0 Å². The minimum absolute atomic E-state index is 0.0904. The van der Waals surface area contributed by atoms with Crippen molar-refractivity contribution in [1.29, 1.82) is 0 Å². The van der Waals surface area contributed by atoms with Gasteiger partial charge in [0, 0.05) is 30.9 Å². The van der Waals surface area contributed by atoms with E-state index in [9.17, 15) is 14.4 Å². The van der Waals surface area contributed by atoms with Crippen LogP contribution in [-0.4, -0.2) is 24.3 Å². The van der Waals surface area contributed by atoms with Crippen LogP contribution in [0.25, 0.3) is 0 Å². The maximum absolute atomic E-state index is 12.4. The van der Waals surface area contributed by atoms with Gasteiger partial charge in [0.1, 0.15) is 6.54 Å². The van der Waals surface area contributed by atoms with E-state index in [-0.39, 0.29) is 24.3 Å². The van der Waals surface area contributed by atoms with Crippen molar-refractivity contribution in [3.8, 4) is 0 Å². The average molecular weight is 353 g/mol. The first-order valence-electron chi connectivity index (χ1n) is 8.44. The highest BCUT2D eigenvalue weighted by atomic mass is 16.2. The Balaban J connectivity index is 2.11. The predicted molar refractivity (Wildman–Crippen MR) is 103 cm³/mol. The second kappa shape index (κ2) is 8.80. The molecule has 136 valence electrons. The summed E-state index contributed by atoms with van der Waals surface area (Å²) >= 11 is 0. The molecule has 0 aromatic heterocycles. The van der Waals surface area contributed by atoms with Crippen LogP contribution in [0.1, 0.15) is 26.3 Å². The molecule has 0 fully saturated rings. The van der Waals surface area contributed by atoms with Gasteiger partial charge in [0.25, 0.3) is 0 Å². The molecule has 0 saturated carbocycles. The van der Waals surface area contributed by atoms with Crippen molar-refractivity contribution < 1.29 is 14.4 Å². The van der Waals surface area contributed by atoms with Gasteiger partial charge in [0.05, 0.1) is 0 Å². The van der Waals surface area contributed by atoms with Crippen LogP contribution in [0.4, 0.5) is 17.1 Å². The lowest BCUT2D eigenvalue weighted by Gasteiger charge is -2.21. The number of benzene rings is 2. The van der Waals surface area contributed by atoms with E-state index in [0.29, 0.717) is 11.4 Å². The molecule has 0 bridgehead atoms. The Morgan fingerprint density at radius 3 is 2.15 bits per heavy atom. The van der Waals surface area contributed by atoms with E-state index < -0.39 is 0 Å². The quantitative estimate of drug-likeness (QED) is 0.837. The molecule has 2 aromatic rings. The Kier molecular flexibility index (Phi) is 6.49. The van der Waals surface area contributed by atoms with Crippen LogP contribution in [-0.2, 0) is 20.8 Å². The number of hydrogen-bond donors (Lipinski definition) is 2. The number of nitrogens with one attached hydrogen (secondary N) is 2. The fourth-order valence-electron chi connectivity index (χ4n) is 2.60. The van der Waals surface area contributed by atoms with Gasteiger partial charge in [-0.15, -0.1) is 0 Å². The Morgan fingerprint density at radius 1 is 0.923 bits per heavy atom. The van der Waals surface area contributed by atoms with Gasteiger partial charge in [0.15, 0.2) is 0 Å². The smallest absolute Gasteiger partial charge is 0.244 e. The molecule has 2 N–H and O–H groups in total. The molecule has 0 atom stereocenters. The topological polar surface area (TPSA) is 78.5 Å². The van der Waals surface area contributed by atoms with E-state index in [1.165, 1.54) is 18.7 Å². The van der Waals surface area contributed by atoms with Crippen LogP contribution in [0.3, 0.4) is 0 Å². The largest absolute Gasteiger partial charge is 0.326 e. The van der Waals surface area contributed by atoms with E-state index >= 15 is 0 Å². The molecule has 6 nitrogen and oxygen atoms in total. The van der Waals surface area contributed by atoms with Gasteiger partial charge in [-0.1, -0.05) is 25.1 Å². The molecular formula is C20H23N3O3. The Morgan fingerprint density at radius 2 is 1.58 bits per heavy atom. The normalized spacial score (nSPS) is 10.1. The fourth-order valence-corrected chi connectivity index (χ4v) is 2.60. The molecule has 6 heteroatoms. The molecule has 3 amide bonds. The fraction of sp³-hybridized carbons (Fsp3) is 0.250. The lowest BCUT2D eigenvalue weighted by molar-refractivity contribution is -0.120. The summed E-state index contributed by atoms with van der Waals surface area (Å²) in [6.07, 6.45) is 0.803. The van der Waals surface area contributed by atoms with Gasteiger partial charge in [0.2, 0.25) is 17.7 Å². The van der Waals surface area contributed by atoms with E-state index in [1.807, 2.05) is 31.2 Å². The van der Waals surface area contributed by atoms with Crippen LogP contribution in [0.2, 0.25) is 0 Å². The SMILES string of the molecule is CCc1ccccc1NC(=O)CN(C(C)=O)c1ccc(NC(C)=O)cc1. The van der Waals surface area contributed by atoms with Crippen molar-refractivity contribution in [2.45, 2.75) is 27.2 Å². The third-order valence-corrected chi connectivity index (χ3v) is 3.85. The maximum Gasteiger partial charge on any atom is 0.244 e. The van der Waals surface area contributed by atoms with E-state index in [2.05, 4.69) is 10.6 Å². The number of carbonyl (C=O) groups excluding carboxylic acids is 3. The number of anilines is 3. The summed E-state index contributed by atoms with van der Waals surface area (Å²) in [7, 11) is 0. The zero-order chi connectivity index (χ0) is 19.1. The van der Waals surface area contributed by atoms with Crippen molar-refractivity contribution in [3.63, 3.8) is 0 Å². The summed E-state index contributed by atoms with van der Waals surface area (Å²) in [6.45, 7) is 4.76. The number of aryl methyl sites for hydroxylation is 1. The van der Waals surface area contributed by atoms with E-state index in [4.69, 9.17) is 0 Å².